The fraction of sp³-hybridized carbons (Fsp3) is 0.231. The number of hydrogen-bond donors (Lipinski definition) is 1. The first kappa shape index (κ1) is 12.6. The quantitative estimate of drug-likeness (QED) is 0.772. The Balaban J connectivity index is 2.64. The van der Waals surface area contributed by atoms with Gasteiger partial charge in [-0.25, -0.2) is 0 Å². The Hall–Kier alpha value is -2.46. The van der Waals surface area contributed by atoms with Gasteiger partial charge in [-0.15, -0.1) is 6.42 Å². The first-order valence-electron chi connectivity index (χ1n) is 5.09. The molecule has 0 radical (unpaired) electrons. The van der Waals surface area contributed by atoms with Gasteiger partial charge in [0.2, 0.25) is 5.91 Å². The van der Waals surface area contributed by atoms with E-state index in [-0.39, 0.29) is 19.0 Å². The van der Waals surface area contributed by atoms with Crippen LogP contribution in [-0.2, 0) is 4.79 Å². The Morgan fingerprint density at radius 3 is 3.00 bits per heavy atom. The predicted molar refractivity (Wildman–Crippen MR) is 66.3 cm³/mol. The Morgan fingerprint density at radius 2 is 2.35 bits per heavy atom. The van der Waals surface area contributed by atoms with E-state index in [4.69, 9.17) is 11.7 Å². The summed E-state index contributed by atoms with van der Waals surface area (Å²) in [5.41, 5.74) is 1.39. The number of nitrogens with zero attached hydrogens (tertiary/aromatic N) is 2. The third-order valence-electron chi connectivity index (χ3n) is 2.18. The molecule has 1 aromatic rings. The molecule has 0 heterocycles. The highest BCUT2D eigenvalue weighted by Gasteiger charge is 2.06. The van der Waals surface area contributed by atoms with Crippen molar-refractivity contribution in [1.82, 2.24) is 5.32 Å². The number of nitrogens with one attached hydrogen (secondary N) is 1. The SMILES string of the molecule is C#CCNC(=O)CN(C)c1cccc(C#N)c1. The molecule has 0 unspecified atom stereocenters. The van der Waals surface area contributed by atoms with Gasteiger partial charge in [-0.05, 0) is 18.2 Å². The smallest absolute Gasteiger partial charge is 0.240 e. The van der Waals surface area contributed by atoms with Crippen LogP contribution in [0.5, 0.6) is 0 Å². The van der Waals surface area contributed by atoms with Crippen molar-refractivity contribution in [3.05, 3.63) is 29.8 Å². The molecule has 0 saturated heterocycles. The molecule has 4 nitrogen and oxygen atoms in total. The molecule has 0 fully saturated rings. The lowest BCUT2D eigenvalue weighted by molar-refractivity contribution is -0.119. The summed E-state index contributed by atoms with van der Waals surface area (Å²) in [6.45, 7) is 0.432. The normalized spacial score (nSPS) is 8.88. The predicted octanol–water partition coefficient (Wildman–Crippen LogP) is 0.744. The molecule has 0 atom stereocenters. The van der Waals surface area contributed by atoms with Gasteiger partial charge in [0.25, 0.3) is 0 Å². The Bertz CT molecular complexity index is 482. The number of rotatable bonds is 4. The van der Waals surface area contributed by atoms with Crippen LogP contribution < -0.4 is 10.2 Å². The highest BCUT2D eigenvalue weighted by Crippen LogP contribution is 2.13. The maximum Gasteiger partial charge on any atom is 0.240 e. The van der Waals surface area contributed by atoms with Gasteiger partial charge in [0.05, 0.1) is 24.7 Å². The van der Waals surface area contributed by atoms with E-state index in [1.165, 1.54) is 0 Å². The Kier molecular flexibility index (Phi) is 4.59. The topological polar surface area (TPSA) is 56.1 Å². The molecule has 0 aliphatic rings. The molecule has 0 spiro atoms. The first-order chi connectivity index (χ1) is 8.17. The Labute approximate surface area is 101 Å². The molecule has 1 aromatic carbocycles. The summed E-state index contributed by atoms with van der Waals surface area (Å²) in [5.74, 6) is 2.19. The minimum absolute atomic E-state index is 0.146. The summed E-state index contributed by atoms with van der Waals surface area (Å²) in [6.07, 6.45) is 5.04. The molecule has 1 rings (SSSR count). The maximum absolute atomic E-state index is 11.4. The fourth-order valence-electron chi connectivity index (χ4n) is 1.33. The van der Waals surface area contributed by atoms with E-state index in [9.17, 15) is 4.79 Å². The second-order valence-electron chi connectivity index (χ2n) is 3.50. The van der Waals surface area contributed by atoms with E-state index >= 15 is 0 Å². The average Bonchev–Trinajstić information content (AvgIpc) is 2.36. The van der Waals surface area contributed by atoms with E-state index in [0.717, 1.165) is 5.69 Å². The summed E-state index contributed by atoms with van der Waals surface area (Å²) in [7, 11) is 1.78. The average molecular weight is 227 g/mol. The van der Waals surface area contributed by atoms with Crippen molar-refractivity contribution in [3.63, 3.8) is 0 Å². The molecule has 0 saturated carbocycles. The second-order valence-corrected chi connectivity index (χ2v) is 3.50. The van der Waals surface area contributed by atoms with E-state index < -0.39 is 0 Å². The van der Waals surface area contributed by atoms with Crippen LogP contribution >= 0.6 is 0 Å². The maximum atomic E-state index is 11.4. The number of terminal acetylenes is 1. The summed E-state index contributed by atoms with van der Waals surface area (Å²) in [4.78, 5) is 13.2. The summed E-state index contributed by atoms with van der Waals surface area (Å²) >= 11 is 0. The first-order valence-corrected chi connectivity index (χ1v) is 5.09. The zero-order valence-electron chi connectivity index (χ0n) is 9.60. The standard InChI is InChI=1S/C13H13N3O/c1-3-7-15-13(17)10-16(2)12-6-4-5-11(8-12)9-14/h1,4-6,8H,7,10H2,2H3,(H,15,17). The van der Waals surface area contributed by atoms with Gasteiger partial charge in [0, 0.05) is 12.7 Å². The molecular formula is C13H13N3O. The molecule has 0 bridgehead atoms. The van der Waals surface area contributed by atoms with Gasteiger partial charge >= 0.3 is 0 Å². The third-order valence-corrected chi connectivity index (χ3v) is 2.18. The van der Waals surface area contributed by atoms with E-state index in [1.807, 2.05) is 6.07 Å². The number of carbonyl (C=O) groups excluding carboxylic acids is 1. The molecule has 17 heavy (non-hydrogen) atoms. The molecule has 86 valence electrons. The van der Waals surface area contributed by atoms with Crippen LogP contribution in [0.15, 0.2) is 24.3 Å². The zero-order valence-corrected chi connectivity index (χ0v) is 9.60. The van der Waals surface area contributed by atoms with Crippen molar-refractivity contribution in [2.75, 3.05) is 25.0 Å². The van der Waals surface area contributed by atoms with Crippen LogP contribution in [0.3, 0.4) is 0 Å². The van der Waals surface area contributed by atoms with Gasteiger partial charge in [0.1, 0.15) is 0 Å². The van der Waals surface area contributed by atoms with Crippen LogP contribution in [0, 0.1) is 23.7 Å². The number of carbonyl (C=O) groups is 1. The minimum Gasteiger partial charge on any atom is -0.365 e. The van der Waals surface area contributed by atoms with Crippen molar-refractivity contribution >= 4 is 11.6 Å². The number of hydrogen-bond acceptors (Lipinski definition) is 3. The van der Waals surface area contributed by atoms with Crippen LogP contribution in [-0.4, -0.2) is 26.0 Å². The number of amides is 1. The second kappa shape index (κ2) is 6.19. The molecule has 0 aliphatic carbocycles. The van der Waals surface area contributed by atoms with Crippen molar-refractivity contribution in [1.29, 1.82) is 5.26 Å². The monoisotopic (exact) mass is 227 g/mol. The molecular weight excluding hydrogens is 214 g/mol. The number of benzene rings is 1. The van der Waals surface area contributed by atoms with E-state index in [0.29, 0.717) is 5.56 Å². The highest BCUT2D eigenvalue weighted by molar-refractivity contribution is 5.81. The molecule has 1 amide bonds. The van der Waals surface area contributed by atoms with Gasteiger partial charge < -0.3 is 10.2 Å². The lowest BCUT2D eigenvalue weighted by atomic mass is 10.2. The fourth-order valence-corrected chi connectivity index (χ4v) is 1.33. The van der Waals surface area contributed by atoms with Crippen LogP contribution in [0.25, 0.3) is 0 Å². The highest BCUT2D eigenvalue weighted by atomic mass is 16.1. The summed E-state index contributed by atoms with van der Waals surface area (Å²) in [5, 5.41) is 11.4. The molecule has 1 N–H and O–H groups in total. The molecule has 0 aliphatic heterocycles. The number of likely N-dealkylation sites (N-methyl/N-ethyl adjacent to an activating group) is 1. The van der Waals surface area contributed by atoms with Crippen molar-refractivity contribution in [2.24, 2.45) is 0 Å². The van der Waals surface area contributed by atoms with Gasteiger partial charge in [-0.1, -0.05) is 12.0 Å². The van der Waals surface area contributed by atoms with Gasteiger partial charge in [0.15, 0.2) is 0 Å². The van der Waals surface area contributed by atoms with Crippen molar-refractivity contribution < 1.29 is 4.79 Å². The molecule has 0 aromatic heterocycles. The minimum atomic E-state index is -0.146. The van der Waals surface area contributed by atoms with Crippen LogP contribution in [0.2, 0.25) is 0 Å². The summed E-state index contributed by atoms with van der Waals surface area (Å²) < 4.78 is 0. The zero-order chi connectivity index (χ0) is 12.7. The number of nitriles is 1. The molecule has 4 heteroatoms. The lowest BCUT2D eigenvalue weighted by Crippen LogP contribution is -2.35. The van der Waals surface area contributed by atoms with E-state index in [2.05, 4.69) is 17.3 Å². The van der Waals surface area contributed by atoms with Crippen LogP contribution in [0.1, 0.15) is 5.56 Å². The van der Waals surface area contributed by atoms with Crippen LogP contribution in [0.4, 0.5) is 5.69 Å². The largest absolute Gasteiger partial charge is 0.365 e. The van der Waals surface area contributed by atoms with E-state index in [1.54, 1.807) is 30.1 Å². The lowest BCUT2D eigenvalue weighted by Gasteiger charge is -2.18. The number of anilines is 1. The van der Waals surface area contributed by atoms with Gasteiger partial charge in [-0.2, -0.15) is 5.26 Å². The van der Waals surface area contributed by atoms with Crippen molar-refractivity contribution in [3.8, 4) is 18.4 Å². The summed E-state index contributed by atoms with van der Waals surface area (Å²) in [6, 6.07) is 9.13. The third kappa shape index (κ3) is 3.89. The van der Waals surface area contributed by atoms with Gasteiger partial charge in [-0.3, -0.25) is 4.79 Å². The Morgan fingerprint density at radius 1 is 1.59 bits per heavy atom. The van der Waals surface area contributed by atoms with Crippen molar-refractivity contribution in [2.45, 2.75) is 0 Å².